The molecule has 0 aliphatic heterocycles. The summed E-state index contributed by atoms with van der Waals surface area (Å²) in [7, 11) is 2.01. The summed E-state index contributed by atoms with van der Waals surface area (Å²) in [5.41, 5.74) is 3.67. The lowest BCUT2D eigenvalue weighted by Gasteiger charge is -2.01. The molecule has 5 heteroatoms. The summed E-state index contributed by atoms with van der Waals surface area (Å²) < 4.78 is 2.06. The summed E-state index contributed by atoms with van der Waals surface area (Å²) in [5.74, 6) is -0.959. The van der Waals surface area contributed by atoms with E-state index in [1.165, 1.54) is 0 Å². The summed E-state index contributed by atoms with van der Waals surface area (Å²) in [6.45, 7) is 0. The first-order valence-electron chi connectivity index (χ1n) is 6.91. The van der Waals surface area contributed by atoms with Gasteiger partial charge in [-0.25, -0.2) is 4.79 Å². The molecule has 0 amide bonds. The van der Waals surface area contributed by atoms with E-state index in [9.17, 15) is 9.90 Å². The third kappa shape index (κ3) is 1.72. The summed E-state index contributed by atoms with van der Waals surface area (Å²) in [5, 5.41) is 18.4. The number of hydrogen-bond acceptors (Lipinski definition) is 2. The van der Waals surface area contributed by atoms with E-state index < -0.39 is 5.97 Å². The van der Waals surface area contributed by atoms with Crippen LogP contribution in [0.15, 0.2) is 48.7 Å². The second-order valence-electron chi connectivity index (χ2n) is 5.31. The van der Waals surface area contributed by atoms with E-state index >= 15 is 0 Å². The minimum Gasteiger partial charge on any atom is -0.478 e. The number of hydrogen-bond donors (Lipinski definition) is 2. The lowest BCUT2D eigenvalue weighted by Crippen LogP contribution is -1.96. The van der Waals surface area contributed by atoms with Crippen LogP contribution in [0.25, 0.3) is 33.1 Å². The number of H-pyrrole nitrogens is 1. The van der Waals surface area contributed by atoms with E-state index in [0.29, 0.717) is 5.52 Å². The average molecular weight is 291 g/mol. The largest absolute Gasteiger partial charge is 0.478 e. The molecule has 0 atom stereocenters. The monoisotopic (exact) mass is 291 g/mol. The van der Waals surface area contributed by atoms with Gasteiger partial charge in [-0.05, 0) is 24.3 Å². The molecule has 0 spiro atoms. The van der Waals surface area contributed by atoms with Crippen molar-refractivity contribution in [1.29, 1.82) is 0 Å². The van der Waals surface area contributed by atoms with Gasteiger partial charge >= 0.3 is 5.97 Å². The highest BCUT2D eigenvalue weighted by atomic mass is 16.4. The predicted molar refractivity (Wildman–Crippen MR) is 85.0 cm³/mol. The molecule has 22 heavy (non-hydrogen) atoms. The summed E-state index contributed by atoms with van der Waals surface area (Å²) in [4.78, 5) is 11.3. The van der Waals surface area contributed by atoms with Crippen LogP contribution in [0, 0.1) is 0 Å². The molecule has 0 saturated heterocycles. The Morgan fingerprint density at radius 3 is 2.91 bits per heavy atom. The van der Waals surface area contributed by atoms with E-state index in [4.69, 9.17) is 0 Å². The first-order chi connectivity index (χ1) is 10.6. The molecule has 0 radical (unpaired) electrons. The average Bonchev–Trinajstić information content (AvgIpc) is 3.10. The molecule has 0 bridgehead atoms. The van der Waals surface area contributed by atoms with Gasteiger partial charge in [-0.1, -0.05) is 18.2 Å². The fourth-order valence-corrected chi connectivity index (χ4v) is 2.87. The molecule has 2 aromatic heterocycles. The second kappa shape index (κ2) is 4.46. The van der Waals surface area contributed by atoms with E-state index in [1.54, 1.807) is 12.1 Å². The number of para-hydroxylation sites is 1. The van der Waals surface area contributed by atoms with Crippen LogP contribution in [0.5, 0.6) is 0 Å². The molecule has 0 fully saturated rings. The van der Waals surface area contributed by atoms with E-state index in [2.05, 4.69) is 26.9 Å². The predicted octanol–water partition coefficient (Wildman–Crippen LogP) is 3.42. The molecule has 0 unspecified atom stereocenters. The number of carboxylic acids is 1. The first-order valence-corrected chi connectivity index (χ1v) is 6.91. The van der Waals surface area contributed by atoms with Crippen molar-refractivity contribution in [2.24, 2.45) is 7.05 Å². The van der Waals surface area contributed by atoms with Gasteiger partial charge in [0.2, 0.25) is 0 Å². The molecule has 4 rings (SSSR count). The second-order valence-corrected chi connectivity index (χ2v) is 5.31. The number of carbonyl (C=O) groups is 1. The van der Waals surface area contributed by atoms with Crippen molar-refractivity contribution in [3.05, 3.63) is 54.2 Å². The number of benzene rings is 2. The molecule has 2 N–H and O–H groups in total. The number of nitrogens with one attached hydrogen (secondary N) is 1. The van der Waals surface area contributed by atoms with Gasteiger partial charge in [0, 0.05) is 35.1 Å². The van der Waals surface area contributed by atoms with Crippen LogP contribution in [0.3, 0.4) is 0 Å². The van der Waals surface area contributed by atoms with Crippen molar-refractivity contribution in [3.8, 4) is 11.3 Å². The standard InChI is InChI=1S/C17H13N3O2/c1-20-8-7-10-9-11(5-6-14(10)20)15-12-3-2-4-13(17(21)22)16(12)19-18-15/h2-9H,1H3,(H,18,19)(H,21,22). The molecule has 2 heterocycles. The van der Waals surface area contributed by atoms with Crippen molar-refractivity contribution in [2.75, 3.05) is 0 Å². The van der Waals surface area contributed by atoms with Crippen LogP contribution in [0.2, 0.25) is 0 Å². The SMILES string of the molecule is Cn1ccc2cc(-c3n[nH]c4c(C(=O)O)cccc34)ccc21. The van der Waals surface area contributed by atoms with Gasteiger partial charge in [-0.2, -0.15) is 5.10 Å². The maximum atomic E-state index is 11.3. The van der Waals surface area contributed by atoms with Crippen LogP contribution in [-0.4, -0.2) is 25.8 Å². The Morgan fingerprint density at radius 1 is 1.23 bits per heavy atom. The van der Waals surface area contributed by atoms with E-state index in [-0.39, 0.29) is 5.56 Å². The number of aromatic amines is 1. The molecule has 108 valence electrons. The number of fused-ring (bicyclic) bond motifs is 2. The quantitative estimate of drug-likeness (QED) is 0.594. The Hall–Kier alpha value is -3.08. The maximum Gasteiger partial charge on any atom is 0.337 e. The lowest BCUT2D eigenvalue weighted by atomic mass is 10.0. The number of aryl methyl sites for hydroxylation is 1. The Balaban J connectivity index is 1.96. The van der Waals surface area contributed by atoms with Gasteiger partial charge in [0.15, 0.2) is 0 Å². The van der Waals surface area contributed by atoms with Crippen LogP contribution >= 0.6 is 0 Å². The van der Waals surface area contributed by atoms with Gasteiger partial charge in [0.05, 0.1) is 16.8 Å². The summed E-state index contributed by atoms with van der Waals surface area (Å²) in [6.07, 6.45) is 2.01. The molecule has 0 aliphatic rings. The molecular weight excluding hydrogens is 278 g/mol. The third-order valence-electron chi connectivity index (χ3n) is 3.99. The van der Waals surface area contributed by atoms with Crippen molar-refractivity contribution in [1.82, 2.24) is 14.8 Å². The third-order valence-corrected chi connectivity index (χ3v) is 3.99. The minimum atomic E-state index is -0.959. The Morgan fingerprint density at radius 2 is 2.09 bits per heavy atom. The molecule has 0 saturated carbocycles. The van der Waals surface area contributed by atoms with Crippen LogP contribution in [-0.2, 0) is 7.05 Å². The highest BCUT2D eigenvalue weighted by Crippen LogP contribution is 2.30. The zero-order valence-electron chi connectivity index (χ0n) is 11.9. The highest BCUT2D eigenvalue weighted by molar-refractivity contribution is 6.06. The maximum absolute atomic E-state index is 11.3. The molecular formula is C17H13N3O2. The van der Waals surface area contributed by atoms with E-state index in [0.717, 1.165) is 27.5 Å². The molecule has 5 nitrogen and oxygen atoms in total. The van der Waals surface area contributed by atoms with Crippen molar-refractivity contribution < 1.29 is 9.90 Å². The minimum absolute atomic E-state index is 0.233. The van der Waals surface area contributed by atoms with Crippen molar-refractivity contribution >= 4 is 27.8 Å². The summed E-state index contributed by atoms with van der Waals surface area (Å²) >= 11 is 0. The number of rotatable bonds is 2. The van der Waals surface area contributed by atoms with Crippen molar-refractivity contribution in [2.45, 2.75) is 0 Å². The Kier molecular flexibility index (Phi) is 2.56. The topological polar surface area (TPSA) is 70.9 Å². The first kappa shape index (κ1) is 12.6. The van der Waals surface area contributed by atoms with Crippen molar-refractivity contribution in [3.63, 3.8) is 0 Å². The fraction of sp³-hybridized carbons (Fsp3) is 0.0588. The van der Waals surface area contributed by atoms with Gasteiger partial charge < -0.3 is 9.67 Å². The smallest absolute Gasteiger partial charge is 0.337 e. The molecule has 2 aromatic carbocycles. The molecule has 0 aliphatic carbocycles. The fourth-order valence-electron chi connectivity index (χ4n) is 2.87. The van der Waals surface area contributed by atoms with Gasteiger partial charge in [-0.3, -0.25) is 5.10 Å². The highest BCUT2D eigenvalue weighted by Gasteiger charge is 2.15. The Labute approximate surface area is 125 Å². The van der Waals surface area contributed by atoms with Gasteiger partial charge in [0.25, 0.3) is 0 Å². The number of carboxylic acid groups (broad SMARTS) is 1. The lowest BCUT2D eigenvalue weighted by molar-refractivity contribution is 0.0699. The van der Waals surface area contributed by atoms with Gasteiger partial charge in [-0.15, -0.1) is 0 Å². The number of nitrogens with zero attached hydrogens (tertiary/aromatic N) is 2. The zero-order chi connectivity index (χ0) is 15.3. The zero-order valence-corrected chi connectivity index (χ0v) is 11.9. The van der Waals surface area contributed by atoms with Crippen LogP contribution < -0.4 is 0 Å². The number of aromatic carboxylic acids is 1. The Bertz CT molecular complexity index is 1030. The van der Waals surface area contributed by atoms with Crippen LogP contribution in [0.4, 0.5) is 0 Å². The van der Waals surface area contributed by atoms with Crippen LogP contribution in [0.1, 0.15) is 10.4 Å². The van der Waals surface area contributed by atoms with Gasteiger partial charge in [0.1, 0.15) is 0 Å². The van der Waals surface area contributed by atoms with E-state index in [1.807, 2.05) is 31.4 Å². The molecule has 4 aromatic rings. The summed E-state index contributed by atoms with van der Waals surface area (Å²) in [6, 6.07) is 13.4. The number of aromatic nitrogens is 3. The normalized spacial score (nSPS) is 11.3.